The Balaban J connectivity index is 1.97. The van der Waals surface area contributed by atoms with Gasteiger partial charge in [-0.05, 0) is 55.5 Å². The molecule has 0 aliphatic carbocycles. The third-order valence-corrected chi connectivity index (χ3v) is 4.00. The summed E-state index contributed by atoms with van der Waals surface area (Å²) in [7, 11) is 0. The van der Waals surface area contributed by atoms with Crippen molar-refractivity contribution in [2.75, 3.05) is 13.2 Å². The normalized spacial score (nSPS) is 12.2. The van der Waals surface area contributed by atoms with E-state index in [1.54, 1.807) is 18.2 Å². The highest BCUT2D eigenvalue weighted by molar-refractivity contribution is 5.59. The topological polar surface area (TPSA) is 63.9 Å². The lowest BCUT2D eigenvalue weighted by Gasteiger charge is -2.17. The molecule has 0 aliphatic heterocycles. The zero-order valence-corrected chi connectivity index (χ0v) is 13.8. The van der Waals surface area contributed by atoms with Crippen molar-refractivity contribution in [2.45, 2.75) is 12.8 Å². The fourth-order valence-electron chi connectivity index (χ4n) is 2.78. The van der Waals surface area contributed by atoms with Crippen LogP contribution < -0.4 is 10.5 Å². The molecule has 0 spiro atoms. The van der Waals surface area contributed by atoms with E-state index < -0.39 is 0 Å². The Labute approximate surface area is 144 Å². The van der Waals surface area contributed by atoms with Crippen LogP contribution in [0.25, 0.3) is 11.3 Å². The van der Waals surface area contributed by atoms with Gasteiger partial charge in [-0.3, -0.25) is 5.10 Å². The second kappa shape index (κ2) is 7.44. The van der Waals surface area contributed by atoms with Crippen LogP contribution in [-0.4, -0.2) is 23.3 Å². The smallest absolute Gasteiger partial charge is 0.123 e. The van der Waals surface area contributed by atoms with Crippen LogP contribution in [0.5, 0.6) is 5.75 Å². The molecule has 2 aromatic carbocycles. The minimum absolute atomic E-state index is 0.259. The van der Waals surface area contributed by atoms with E-state index in [0.29, 0.717) is 23.6 Å². The lowest BCUT2D eigenvalue weighted by molar-refractivity contribution is 0.334. The number of aromatic amines is 1. The number of benzene rings is 2. The molecule has 1 unspecified atom stereocenters. The number of nitrogens with zero attached hydrogens (tertiary/aromatic N) is 1. The number of aromatic nitrogens is 2. The van der Waals surface area contributed by atoms with Gasteiger partial charge in [-0.15, -0.1) is 0 Å². The van der Waals surface area contributed by atoms with Crippen molar-refractivity contribution in [1.82, 2.24) is 10.2 Å². The molecule has 0 amide bonds. The lowest BCUT2D eigenvalue weighted by atomic mass is 9.94. The zero-order valence-electron chi connectivity index (χ0n) is 13.8. The maximum Gasteiger partial charge on any atom is 0.123 e. The lowest BCUT2D eigenvalue weighted by Crippen LogP contribution is -2.16. The second-order valence-corrected chi connectivity index (χ2v) is 5.62. The average molecular weight is 343 g/mol. The van der Waals surface area contributed by atoms with Crippen molar-refractivity contribution in [3.8, 4) is 17.0 Å². The molecule has 0 radical (unpaired) electrons. The summed E-state index contributed by atoms with van der Waals surface area (Å²) in [6.45, 7) is 2.60. The van der Waals surface area contributed by atoms with Crippen LogP contribution in [0.3, 0.4) is 0 Å². The van der Waals surface area contributed by atoms with E-state index in [1.165, 1.54) is 24.3 Å². The third-order valence-electron chi connectivity index (χ3n) is 4.00. The van der Waals surface area contributed by atoms with Gasteiger partial charge in [0.25, 0.3) is 0 Å². The molecule has 0 fully saturated rings. The Bertz CT molecular complexity index is 846. The number of ether oxygens (including phenoxy) is 1. The van der Waals surface area contributed by atoms with E-state index in [-0.39, 0.29) is 24.1 Å². The van der Waals surface area contributed by atoms with E-state index in [2.05, 4.69) is 10.2 Å². The summed E-state index contributed by atoms with van der Waals surface area (Å²) in [5.41, 5.74) is 8.80. The minimum Gasteiger partial charge on any atom is -0.494 e. The molecule has 0 aliphatic rings. The summed E-state index contributed by atoms with van der Waals surface area (Å²) < 4.78 is 32.4. The largest absolute Gasteiger partial charge is 0.494 e. The standard InChI is InChI=1S/C19H19F2N3O/c1-2-25-19-8-7-14(21)9-15(19)16(11-22)18-10-17(23-24-18)12-3-5-13(20)6-4-12/h3-10,16H,2,11,22H2,1H3,(H,23,24). The predicted molar refractivity (Wildman–Crippen MR) is 92.4 cm³/mol. The molecule has 1 aromatic heterocycles. The van der Waals surface area contributed by atoms with Crippen LogP contribution in [0.15, 0.2) is 48.5 Å². The van der Waals surface area contributed by atoms with Gasteiger partial charge < -0.3 is 10.5 Å². The Morgan fingerprint density at radius 1 is 1.08 bits per heavy atom. The molecule has 6 heteroatoms. The zero-order chi connectivity index (χ0) is 17.8. The molecule has 1 atom stereocenters. The van der Waals surface area contributed by atoms with E-state index in [4.69, 9.17) is 10.5 Å². The van der Waals surface area contributed by atoms with Gasteiger partial charge in [0.05, 0.1) is 12.3 Å². The SMILES string of the molecule is CCOc1ccc(F)cc1C(CN)c1cc(-c2ccc(F)cc2)n[nH]1. The van der Waals surface area contributed by atoms with Gasteiger partial charge in [0.15, 0.2) is 0 Å². The maximum absolute atomic E-state index is 13.8. The number of H-pyrrole nitrogens is 1. The average Bonchev–Trinajstić information content (AvgIpc) is 3.08. The highest BCUT2D eigenvalue weighted by atomic mass is 19.1. The van der Waals surface area contributed by atoms with Gasteiger partial charge in [0.2, 0.25) is 0 Å². The Hall–Kier alpha value is -2.73. The van der Waals surface area contributed by atoms with Crippen LogP contribution >= 0.6 is 0 Å². The summed E-state index contributed by atoms with van der Waals surface area (Å²) in [5.74, 6) is -0.355. The van der Waals surface area contributed by atoms with Crippen molar-refractivity contribution in [3.63, 3.8) is 0 Å². The molecule has 0 bridgehead atoms. The van der Waals surface area contributed by atoms with Gasteiger partial charge in [-0.25, -0.2) is 8.78 Å². The molecule has 3 aromatic rings. The van der Waals surface area contributed by atoms with Gasteiger partial charge >= 0.3 is 0 Å². The second-order valence-electron chi connectivity index (χ2n) is 5.62. The van der Waals surface area contributed by atoms with E-state index in [0.717, 1.165) is 11.3 Å². The third kappa shape index (κ3) is 3.69. The summed E-state index contributed by atoms with van der Waals surface area (Å²) in [6.07, 6.45) is 0. The van der Waals surface area contributed by atoms with E-state index in [1.807, 2.05) is 13.0 Å². The number of hydrogen-bond donors (Lipinski definition) is 2. The summed E-state index contributed by atoms with van der Waals surface area (Å²) in [6, 6.07) is 12.3. The Morgan fingerprint density at radius 3 is 2.48 bits per heavy atom. The van der Waals surface area contributed by atoms with Crippen LogP contribution in [0.1, 0.15) is 24.1 Å². The molecule has 25 heavy (non-hydrogen) atoms. The highest BCUT2D eigenvalue weighted by Gasteiger charge is 2.20. The first-order valence-corrected chi connectivity index (χ1v) is 8.06. The van der Waals surface area contributed by atoms with Crippen LogP contribution in [0, 0.1) is 11.6 Å². The Morgan fingerprint density at radius 2 is 1.80 bits per heavy atom. The highest BCUT2D eigenvalue weighted by Crippen LogP contribution is 2.32. The van der Waals surface area contributed by atoms with Gasteiger partial charge in [0, 0.05) is 29.3 Å². The maximum atomic E-state index is 13.8. The molecule has 3 N–H and O–H groups in total. The summed E-state index contributed by atoms with van der Waals surface area (Å²) in [4.78, 5) is 0. The summed E-state index contributed by atoms with van der Waals surface area (Å²) >= 11 is 0. The van der Waals surface area contributed by atoms with Crippen LogP contribution in [0.4, 0.5) is 8.78 Å². The van der Waals surface area contributed by atoms with Crippen molar-refractivity contribution >= 4 is 0 Å². The molecule has 130 valence electrons. The summed E-state index contributed by atoms with van der Waals surface area (Å²) in [5, 5.41) is 7.23. The van der Waals surface area contributed by atoms with Gasteiger partial charge in [-0.1, -0.05) is 0 Å². The van der Waals surface area contributed by atoms with Crippen LogP contribution in [-0.2, 0) is 0 Å². The molecular weight excluding hydrogens is 324 g/mol. The van der Waals surface area contributed by atoms with E-state index in [9.17, 15) is 8.78 Å². The first kappa shape index (κ1) is 17.1. The predicted octanol–water partition coefficient (Wildman–Crippen LogP) is 3.84. The molecular formula is C19H19F2N3O. The quantitative estimate of drug-likeness (QED) is 0.715. The Kier molecular flexibility index (Phi) is 5.09. The fraction of sp³-hybridized carbons (Fsp3) is 0.211. The number of nitrogens with one attached hydrogen (secondary N) is 1. The van der Waals surface area contributed by atoms with Crippen molar-refractivity contribution in [1.29, 1.82) is 0 Å². The molecule has 0 saturated carbocycles. The van der Waals surface area contributed by atoms with Gasteiger partial charge in [0.1, 0.15) is 17.4 Å². The number of nitrogens with two attached hydrogens (primary N) is 1. The molecule has 0 saturated heterocycles. The molecule has 1 heterocycles. The molecule has 3 rings (SSSR count). The minimum atomic E-state index is -0.352. The monoisotopic (exact) mass is 343 g/mol. The van der Waals surface area contributed by atoms with Crippen molar-refractivity contribution in [3.05, 3.63) is 71.4 Å². The number of halogens is 2. The molecule has 4 nitrogen and oxygen atoms in total. The first-order chi connectivity index (χ1) is 12.1. The van der Waals surface area contributed by atoms with Crippen molar-refractivity contribution < 1.29 is 13.5 Å². The van der Waals surface area contributed by atoms with Crippen LogP contribution in [0.2, 0.25) is 0 Å². The first-order valence-electron chi connectivity index (χ1n) is 8.06. The van der Waals surface area contributed by atoms with E-state index >= 15 is 0 Å². The fourth-order valence-corrected chi connectivity index (χ4v) is 2.78. The van der Waals surface area contributed by atoms with Gasteiger partial charge in [-0.2, -0.15) is 5.10 Å². The van der Waals surface area contributed by atoms with Crippen molar-refractivity contribution in [2.24, 2.45) is 5.73 Å². The number of hydrogen-bond acceptors (Lipinski definition) is 3. The number of rotatable bonds is 6.